The van der Waals surface area contributed by atoms with Crippen molar-refractivity contribution in [2.45, 2.75) is 32.6 Å². The average Bonchev–Trinajstić information content (AvgIpc) is 3.15. The van der Waals surface area contributed by atoms with E-state index in [-0.39, 0.29) is 11.9 Å². The molecule has 2 heterocycles. The minimum atomic E-state index is -0.0257. The summed E-state index contributed by atoms with van der Waals surface area (Å²) in [6, 6.07) is 7.78. The Morgan fingerprint density at radius 3 is 2.67 bits per heavy atom. The predicted molar refractivity (Wildman–Crippen MR) is 105 cm³/mol. The summed E-state index contributed by atoms with van der Waals surface area (Å²) in [5.41, 5.74) is 1.03. The van der Waals surface area contributed by atoms with Crippen LogP contribution in [0.3, 0.4) is 0 Å². The zero-order chi connectivity index (χ0) is 19.2. The Hall–Kier alpha value is -2.28. The molecule has 1 aliphatic heterocycles. The van der Waals surface area contributed by atoms with Gasteiger partial charge in [0.15, 0.2) is 5.82 Å². The number of hydrogen-bond acceptors (Lipinski definition) is 5. The van der Waals surface area contributed by atoms with Crippen molar-refractivity contribution in [3.63, 3.8) is 0 Å². The maximum Gasteiger partial charge on any atom is 0.317 e. The molecule has 27 heavy (non-hydrogen) atoms. The van der Waals surface area contributed by atoms with Crippen molar-refractivity contribution in [1.29, 1.82) is 0 Å². The second-order valence-electron chi connectivity index (χ2n) is 6.96. The Labute approximate surface area is 164 Å². The number of amides is 2. The SMILES string of the molecule is CC(C)c1noc(CCCNC(=O)N2CCN(c3ccccc3Cl)CC2)n1. The highest BCUT2D eigenvalue weighted by Crippen LogP contribution is 2.25. The topological polar surface area (TPSA) is 74.5 Å². The van der Waals surface area contributed by atoms with Crippen LogP contribution in [0.1, 0.15) is 37.9 Å². The first-order valence-corrected chi connectivity index (χ1v) is 9.77. The van der Waals surface area contributed by atoms with Crippen molar-refractivity contribution in [2.75, 3.05) is 37.6 Å². The fourth-order valence-corrected chi connectivity index (χ4v) is 3.26. The fourth-order valence-electron chi connectivity index (χ4n) is 3.01. The van der Waals surface area contributed by atoms with E-state index in [0.717, 1.165) is 36.0 Å². The average molecular weight is 392 g/mol. The Kier molecular flexibility index (Phi) is 6.55. The van der Waals surface area contributed by atoms with Crippen LogP contribution in [-0.4, -0.2) is 53.8 Å². The normalized spacial score (nSPS) is 14.7. The number of hydrogen-bond donors (Lipinski definition) is 1. The highest BCUT2D eigenvalue weighted by Gasteiger charge is 2.22. The van der Waals surface area contributed by atoms with Crippen LogP contribution in [0.2, 0.25) is 5.02 Å². The molecule has 3 rings (SSSR count). The number of rotatable bonds is 6. The summed E-state index contributed by atoms with van der Waals surface area (Å²) < 4.78 is 5.21. The lowest BCUT2D eigenvalue weighted by Crippen LogP contribution is -2.52. The van der Waals surface area contributed by atoms with Crippen LogP contribution >= 0.6 is 11.6 Å². The second-order valence-corrected chi connectivity index (χ2v) is 7.37. The first kappa shape index (κ1) is 19.5. The molecule has 0 spiro atoms. The molecule has 0 radical (unpaired) electrons. The molecule has 0 unspecified atom stereocenters. The van der Waals surface area contributed by atoms with E-state index in [4.69, 9.17) is 16.1 Å². The number of para-hydroxylation sites is 1. The molecular formula is C19H26ClN5O2. The molecule has 8 heteroatoms. The molecule has 1 aromatic heterocycles. The molecule has 0 bridgehead atoms. The number of carbonyl (C=O) groups is 1. The highest BCUT2D eigenvalue weighted by molar-refractivity contribution is 6.33. The van der Waals surface area contributed by atoms with Crippen molar-refractivity contribution >= 4 is 23.3 Å². The lowest BCUT2D eigenvalue weighted by molar-refractivity contribution is 0.194. The predicted octanol–water partition coefficient (Wildman–Crippen LogP) is 3.31. The molecule has 7 nitrogen and oxygen atoms in total. The van der Waals surface area contributed by atoms with E-state index in [0.29, 0.717) is 31.9 Å². The van der Waals surface area contributed by atoms with Crippen LogP contribution in [0.15, 0.2) is 28.8 Å². The Morgan fingerprint density at radius 1 is 1.26 bits per heavy atom. The van der Waals surface area contributed by atoms with E-state index in [1.807, 2.05) is 43.0 Å². The Morgan fingerprint density at radius 2 is 2.00 bits per heavy atom. The van der Waals surface area contributed by atoms with Gasteiger partial charge in [0, 0.05) is 45.1 Å². The fraction of sp³-hybridized carbons (Fsp3) is 0.526. The summed E-state index contributed by atoms with van der Waals surface area (Å²) in [7, 11) is 0. The number of nitrogens with zero attached hydrogens (tertiary/aromatic N) is 4. The zero-order valence-electron chi connectivity index (χ0n) is 15.8. The van der Waals surface area contributed by atoms with Crippen molar-refractivity contribution in [3.8, 4) is 0 Å². The van der Waals surface area contributed by atoms with Gasteiger partial charge in [-0.2, -0.15) is 4.98 Å². The molecule has 0 saturated carbocycles. The minimum Gasteiger partial charge on any atom is -0.367 e. The number of anilines is 1. The van der Waals surface area contributed by atoms with Gasteiger partial charge < -0.3 is 19.6 Å². The second kappa shape index (κ2) is 9.08. The molecule has 0 atom stereocenters. The summed E-state index contributed by atoms with van der Waals surface area (Å²) >= 11 is 6.26. The maximum atomic E-state index is 12.3. The monoisotopic (exact) mass is 391 g/mol. The zero-order valence-corrected chi connectivity index (χ0v) is 16.6. The molecule has 1 saturated heterocycles. The van der Waals surface area contributed by atoms with Crippen molar-refractivity contribution < 1.29 is 9.32 Å². The third kappa shape index (κ3) is 5.13. The van der Waals surface area contributed by atoms with E-state index in [1.54, 1.807) is 0 Å². The summed E-state index contributed by atoms with van der Waals surface area (Å²) in [6.45, 7) is 7.55. The maximum absolute atomic E-state index is 12.3. The van der Waals surface area contributed by atoms with Crippen molar-refractivity contribution in [3.05, 3.63) is 41.0 Å². The third-order valence-corrected chi connectivity index (χ3v) is 4.92. The van der Waals surface area contributed by atoms with Gasteiger partial charge in [-0.3, -0.25) is 0 Å². The van der Waals surface area contributed by atoms with Gasteiger partial charge in [0.1, 0.15) is 0 Å². The molecule has 1 fully saturated rings. The Bertz CT molecular complexity index is 756. The molecule has 2 amide bonds. The van der Waals surface area contributed by atoms with Gasteiger partial charge >= 0.3 is 6.03 Å². The van der Waals surface area contributed by atoms with Crippen LogP contribution < -0.4 is 10.2 Å². The largest absolute Gasteiger partial charge is 0.367 e. The van der Waals surface area contributed by atoms with Crippen LogP contribution in [0.25, 0.3) is 0 Å². The molecule has 1 aromatic carbocycles. The third-order valence-electron chi connectivity index (χ3n) is 4.60. The van der Waals surface area contributed by atoms with Gasteiger partial charge in [-0.05, 0) is 18.6 Å². The van der Waals surface area contributed by atoms with E-state index in [9.17, 15) is 4.79 Å². The van der Waals surface area contributed by atoms with Gasteiger partial charge in [0.25, 0.3) is 0 Å². The van der Waals surface area contributed by atoms with E-state index >= 15 is 0 Å². The molecule has 2 aromatic rings. The Balaban J connectivity index is 1.37. The quantitative estimate of drug-likeness (QED) is 0.764. The number of benzene rings is 1. The number of piperazine rings is 1. The van der Waals surface area contributed by atoms with Crippen LogP contribution in [0.5, 0.6) is 0 Å². The van der Waals surface area contributed by atoms with Crippen LogP contribution in [0.4, 0.5) is 10.5 Å². The van der Waals surface area contributed by atoms with E-state index in [1.165, 1.54) is 0 Å². The smallest absolute Gasteiger partial charge is 0.317 e. The first-order valence-electron chi connectivity index (χ1n) is 9.39. The minimum absolute atomic E-state index is 0.0257. The van der Waals surface area contributed by atoms with Gasteiger partial charge in [0.2, 0.25) is 5.89 Å². The summed E-state index contributed by atoms with van der Waals surface area (Å²) in [6.07, 6.45) is 1.44. The van der Waals surface area contributed by atoms with Crippen molar-refractivity contribution in [1.82, 2.24) is 20.4 Å². The molecule has 1 N–H and O–H groups in total. The van der Waals surface area contributed by atoms with E-state index < -0.39 is 0 Å². The lowest BCUT2D eigenvalue weighted by atomic mass is 10.2. The van der Waals surface area contributed by atoms with Gasteiger partial charge in [-0.25, -0.2) is 4.79 Å². The first-order chi connectivity index (χ1) is 13.0. The number of aromatic nitrogens is 2. The number of aryl methyl sites for hydroxylation is 1. The molecular weight excluding hydrogens is 366 g/mol. The van der Waals surface area contributed by atoms with E-state index in [2.05, 4.69) is 20.4 Å². The number of urea groups is 1. The van der Waals surface area contributed by atoms with Crippen molar-refractivity contribution in [2.24, 2.45) is 0 Å². The molecule has 1 aliphatic rings. The highest BCUT2D eigenvalue weighted by atomic mass is 35.5. The number of carbonyl (C=O) groups excluding carboxylic acids is 1. The van der Waals surface area contributed by atoms with Crippen LogP contribution in [0, 0.1) is 0 Å². The summed E-state index contributed by atoms with van der Waals surface area (Å²) in [5.74, 6) is 1.61. The van der Waals surface area contributed by atoms with Gasteiger partial charge in [-0.15, -0.1) is 0 Å². The van der Waals surface area contributed by atoms with Gasteiger partial charge in [-0.1, -0.05) is 42.7 Å². The van der Waals surface area contributed by atoms with Gasteiger partial charge in [0.05, 0.1) is 10.7 Å². The standard InChI is InChI=1S/C19H26ClN5O2/c1-14(2)18-22-17(27-23-18)8-5-9-21-19(26)25-12-10-24(11-13-25)16-7-4-3-6-15(16)20/h3-4,6-7,14H,5,8-13H2,1-2H3,(H,21,26). The molecule has 0 aliphatic carbocycles. The van der Waals surface area contributed by atoms with Crippen LogP contribution in [-0.2, 0) is 6.42 Å². The molecule has 146 valence electrons. The number of halogens is 1. The lowest BCUT2D eigenvalue weighted by Gasteiger charge is -2.36. The number of nitrogens with one attached hydrogen (secondary N) is 1. The summed E-state index contributed by atoms with van der Waals surface area (Å²) in [5, 5.41) is 7.66. The summed E-state index contributed by atoms with van der Waals surface area (Å²) in [4.78, 5) is 20.7.